The molecule has 1 saturated carbocycles. The van der Waals surface area contributed by atoms with E-state index in [4.69, 9.17) is 5.11 Å². The van der Waals surface area contributed by atoms with Crippen molar-refractivity contribution in [2.75, 3.05) is 0 Å². The Kier molecular flexibility index (Phi) is 6.12. The summed E-state index contributed by atoms with van der Waals surface area (Å²) < 4.78 is 0. The largest absolute Gasteiger partial charge is 0.481 e. The molecule has 130 valence electrons. The maximum Gasteiger partial charge on any atom is 0.306 e. The molecule has 24 heavy (non-hydrogen) atoms. The van der Waals surface area contributed by atoms with E-state index in [1.807, 2.05) is 32.0 Å². The van der Waals surface area contributed by atoms with Crippen LogP contribution in [0.5, 0.6) is 0 Å². The Balaban J connectivity index is 1.78. The number of amides is 1. The Morgan fingerprint density at radius 2 is 1.75 bits per heavy atom. The van der Waals surface area contributed by atoms with Crippen molar-refractivity contribution in [1.82, 2.24) is 5.32 Å². The van der Waals surface area contributed by atoms with Crippen LogP contribution in [0.2, 0.25) is 0 Å². The SMILES string of the molecule is Cc1ccc(C)c(C(=O)CCC(=O)NC2CCC(C(=O)O)CC2)c1. The molecule has 0 aromatic heterocycles. The highest BCUT2D eigenvalue weighted by molar-refractivity contribution is 5.99. The van der Waals surface area contributed by atoms with Crippen LogP contribution in [0.4, 0.5) is 0 Å². The molecule has 0 radical (unpaired) electrons. The van der Waals surface area contributed by atoms with Gasteiger partial charge in [0.25, 0.3) is 0 Å². The molecule has 0 heterocycles. The maximum absolute atomic E-state index is 12.3. The van der Waals surface area contributed by atoms with E-state index >= 15 is 0 Å². The lowest BCUT2D eigenvalue weighted by Crippen LogP contribution is -2.38. The number of nitrogens with one attached hydrogen (secondary N) is 1. The van der Waals surface area contributed by atoms with Crippen LogP contribution in [0.1, 0.15) is 60.0 Å². The number of hydrogen-bond acceptors (Lipinski definition) is 3. The third-order valence-corrected chi connectivity index (χ3v) is 4.71. The number of aryl methyl sites for hydroxylation is 2. The zero-order valence-corrected chi connectivity index (χ0v) is 14.3. The van der Waals surface area contributed by atoms with Crippen LogP contribution in [-0.2, 0) is 9.59 Å². The molecular formula is C19H25NO4. The van der Waals surface area contributed by atoms with Crippen molar-refractivity contribution >= 4 is 17.7 Å². The van der Waals surface area contributed by atoms with Gasteiger partial charge in [-0.3, -0.25) is 14.4 Å². The van der Waals surface area contributed by atoms with Gasteiger partial charge in [-0.25, -0.2) is 0 Å². The molecule has 0 spiro atoms. The average molecular weight is 331 g/mol. The van der Waals surface area contributed by atoms with E-state index in [1.54, 1.807) is 0 Å². The molecule has 1 amide bonds. The van der Waals surface area contributed by atoms with Crippen molar-refractivity contribution in [2.24, 2.45) is 5.92 Å². The van der Waals surface area contributed by atoms with Crippen molar-refractivity contribution in [3.63, 3.8) is 0 Å². The fraction of sp³-hybridized carbons (Fsp3) is 0.526. The summed E-state index contributed by atoms with van der Waals surface area (Å²) in [5, 5.41) is 11.9. The van der Waals surface area contributed by atoms with Crippen molar-refractivity contribution < 1.29 is 19.5 Å². The molecule has 0 bridgehead atoms. The zero-order chi connectivity index (χ0) is 17.7. The summed E-state index contributed by atoms with van der Waals surface area (Å²) in [4.78, 5) is 35.2. The first-order valence-electron chi connectivity index (χ1n) is 8.49. The molecule has 1 fully saturated rings. The predicted molar refractivity (Wildman–Crippen MR) is 91.0 cm³/mol. The van der Waals surface area contributed by atoms with Crippen molar-refractivity contribution in [3.05, 3.63) is 34.9 Å². The lowest BCUT2D eigenvalue weighted by atomic mass is 9.86. The van der Waals surface area contributed by atoms with E-state index in [9.17, 15) is 14.4 Å². The topological polar surface area (TPSA) is 83.5 Å². The molecule has 2 N–H and O–H groups in total. The summed E-state index contributed by atoms with van der Waals surface area (Å²) in [6.45, 7) is 3.84. The summed E-state index contributed by atoms with van der Waals surface area (Å²) in [7, 11) is 0. The average Bonchev–Trinajstić information content (AvgIpc) is 2.55. The minimum atomic E-state index is -0.751. The van der Waals surface area contributed by atoms with Gasteiger partial charge in [-0.2, -0.15) is 0 Å². The van der Waals surface area contributed by atoms with E-state index in [-0.39, 0.29) is 36.5 Å². The van der Waals surface area contributed by atoms with Crippen LogP contribution >= 0.6 is 0 Å². The van der Waals surface area contributed by atoms with Crippen molar-refractivity contribution in [1.29, 1.82) is 0 Å². The summed E-state index contributed by atoms with van der Waals surface area (Å²) >= 11 is 0. The Labute approximate surface area is 142 Å². The second-order valence-electron chi connectivity index (χ2n) is 6.70. The number of Topliss-reactive ketones (excluding diaryl/α,β-unsaturated/α-hetero) is 1. The molecule has 0 unspecified atom stereocenters. The highest BCUT2D eigenvalue weighted by Crippen LogP contribution is 2.24. The molecular weight excluding hydrogens is 306 g/mol. The molecule has 0 atom stereocenters. The normalized spacial score (nSPS) is 20.4. The lowest BCUT2D eigenvalue weighted by Gasteiger charge is -2.26. The Hall–Kier alpha value is -2.17. The second kappa shape index (κ2) is 8.08. The van der Waals surface area contributed by atoms with Gasteiger partial charge in [0.1, 0.15) is 0 Å². The van der Waals surface area contributed by atoms with Crippen LogP contribution in [0.25, 0.3) is 0 Å². The third-order valence-electron chi connectivity index (χ3n) is 4.71. The van der Waals surface area contributed by atoms with Crippen LogP contribution in [0.3, 0.4) is 0 Å². The number of carbonyl (C=O) groups is 3. The van der Waals surface area contributed by atoms with Gasteiger partial charge in [-0.05, 0) is 51.2 Å². The van der Waals surface area contributed by atoms with Gasteiger partial charge < -0.3 is 10.4 Å². The van der Waals surface area contributed by atoms with Gasteiger partial charge in [0.15, 0.2) is 5.78 Å². The lowest BCUT2D eigenvalue weighted by molar-refractivity contribution is -0.142. The molecule has 5 heteroatoms. The monoisotopic (exact) mass is 331 g/mol. The molecule has 2 rings (SSSR count). The van der Waals surface area contributed by atoms with E-state index in [0.29, 0.717) is 31.2 Å². The highest BCUT2D eigenvalue weighted by Gasteiger charge is 2.26. The van der Waals surface area contributed by atoms with Crippen LogP contribution in [-0.4, -0.2) is 28.8 Å². The number of aliphatic carboxylic acids is 1. The quantitative estimate of drug-likeness (QED) is 0.785. The van der Waals surface area contributed by atoms with Gasteiger partial charge in [0.2, 0.25) is 5.91 Å². The van der Waals surface area contributed by atoms with Crippen LogP contribution in [0.15, 0.2) is 18.2 Å². The first kappa shape index (κ1) is 18.2. The van der Waals surface area contributed by atoms with Crippen molar-refractivity contribution in [3.8, 4) is 0 Å². The van der Waals surface area contributed by atoms with E-state index in [2.05, 4.69) is 5.32 Å². The number of carboxylic acids is 1. The number of ketones is 1. The standard InChI is InChI=1S/C19H25NO4/c1-12-3-4-13(2)16(11-12)17(21)9-10-18(22)20-15-7-5-14(6-8-15)19(23)24/h3-4,11,14-15H,5-10H2,1-2H3,(H,20,22)(H,23,24). The molecule has 0 saturated heterocycles. The minimum absolute atomic E-state index is 0.0130. The Morgan fingerprint density at radius 3 is 2.38 bits per heavy atom. The van der Waals surface area contributed by atoms with E-state index in [1.165, 1.54) is 0 Å². The van der Waals surface area contributed by atoms with Gasteiger partial charge in [0, 0.05) is 24.4 Å². The molecule has 1 aliphatic rings. The predicted octanol–water partition coefficient (Wildman–Crippen LogP) is 3.03. The number of hydrogen-bond donors (Lipinski definition) is 2. The van der Waals surface area contributed by atoms with Gasteiger partial charge in [0.05, 0.1) is 5.92 Å². The van der Waals surface area contributed by atoms with E-state index < -0.39 is 5.97 Å². The van der Waals surface area contributed by atoms with Gasteiger partial charge >= 0.3 is 5.97 Å². The summed E-state index contributed by atoms with van der Waals surface area (Å²) in [5.41, 5.74) is 2.64. The van der Waals surface area contributed by atoms with Crippen molar-refractivity contribution in [2.45, 2.75) is 58.4 Å². The number of carbonyl (C=O) groups excluding carboxylic acids is 2. The summed E-state index contributed by atoms with van der Waals surface area (Å²) in [6.07, 6.45) is 2.94. The molecule has 1 aliphatic carbocycles. The molecule has 0 aliphatic heterocycles. The maximum atomic E-state index is 12.3. The van der Waals surface area contributed by atoms with Crippen LogP contribution in [0, 0.1) is 19.8 Å². The first-order valence-corrected chi connectivity index (χ1v) is 8.49. The molecule has 1 aromatic carbocycles. The first-order chi connectivity index (χ1) is 11.4. The second-order valence-corrected chi connectivity index (χ2v) is 6.70. The summed E-state index contributed by atoms with van der Waals surface area (Å²) in [6, 6.07) is 5.78. The van der Waals surface area contributed by atoms with E-state index in [0.717, 1.165) is 11.1 Å². The Morgan fingerprint density at radius 1 is 1.08 bits per heavy atom. The van der Waals surface area contributed by atoms with Crippen LogP contribution < -0.4 is 5.32 Å². The third kappa shape index (κ3) is 4.91. The number of benzene rings is 1. The number of carboxylic acid groups (broad SMARTS) is 1. The Bertz CT molecular complexity index is 630. The minimum Gasteiger partial charge on any atom is -0.481 e. The number of rotatable bonds is 6. The smallest absolute Gasteiger partial charge is 0.306 e. The highest BCUT2D eigenvalue weighted by atomic mass is 16.4. The zero-order valence-electron chi connectivity index (χ0n) is 14.3. The van der Waals surface area contributed by atoms with Gasteiger partial charge in [-0.15, -0.1) is 0 Å². The fourth-order valence-electron chi connectivity index (χ4n) is 3.18. The fourth-order valence-corrected chi connectivity index (χ4v) is 3.18. The van der Waals surface area contributed by atoms with Gasteiger partial charge in [-0.1, -0.05) is 17.7 Å². The molecule has 1 aromatic rings. The summed E-state index contributed by atoms with van der Waals surface area (Å²) in [5.74, 6) is -1.18. The molecule has 5 nitrogen and oxygen atoms in total.